The molecule has 0 aliphatic carbocycles. The van der Waals surface area contributed by atoms with Gasteiger partial charge < -0.3 is 23.7 Å². The van der Waals surface area contributed by atoms with Crippen molar-refractivity contribution >= 4 is 54.6 Å². The van der Waals surface area contributed by atoms with E-state index in [2.05, 4.69) is 47.0 Å². The quantitative estimate of drug-likeness (QED) is 0.292. The predicted octanol–water partition coefficient (Wildman–Crippen LogP) is 4.75. The molecule has 1 aliphatic rings. The molecule has 0 bridgehead atoms. The van der Waals surface area contributed by atoms with Crippen molar-refractivity contribution in [2.75, 3.05) is 45.3 Å². The highest BCUT2D eigenvalue weighted by molar-refractivity contribution is 9.11. The number of aromatic nitrogens is 2. The van der Waals surface area contributed by atoms with E-state index in [0.717, 1.165) is 15.9 Å². The SMILES string of the molecule is COc1ccc(-c2ccc(N3CCN(C(=O)c4cc5cc(Br)cc(Br)c5oc4=O)CC3)nn2)cc1OC. The summed E-state index contributed by atoms with van der Waals surface area (Å²) in [5.74, 6) is 1.63. The van der Waals surface area contributed by atoms with Gasteiger partial charge in [0.25, 0.3) is 5.91 Å². The van der Waals surface area contributed by atoms with Gasteiger partial charge in [-0.05, 0) is 64.5 Å². The molecule has 190 valence electrons. The Kier molecular flexibility index (Phi) is 7.16. The van der Waals surface area contributed by atoms with Crippen LogP contribution in [0.15, 0.2) is 66.7 Å². The zero-order chi connectivity index (χ0) is 26.1. The second kappa shape index (κ2) is 10.5. The Morgan fingerprint density at radius 2 is 1.68 bits per heavy atom. The van der Waals surface area contributed by atoms with E-state index in [1.807, 2.05) is 36.4 Å². The number of anilines is 1. The average Bonchev–Trinajstić information content (AvgIpc) is 2.92. The third kappa shape index (κ3) is 5.05. The molecule has 2 aromatic heterocycles. The molecule has 37 heavy (non-hydrogen) atoms. The number of ether oxygens (including phenoxy) is 2. The number of hydrogen-bond donors (Lipinski definition) is 0. The monoisotopic (exact) mass is 628 g/mol. The Morgan fingerprint density at radius 3 is 2.35 bits per heavy atom. The summed E-state index contributed by atoms with van der Waals surface area (Å²) in [6.07, 6.45) is 0. The van der Waals surface area contributed by atoms with E-state index >= 15 is 0 Å². The molecule has 4 aromatic rings. The number of rotatable bonds is 5. The summed E-state index contributed by atoms with van der Waals surface area (Å²) in [4.78, 5) is 29.5. The summed E-state index contributed by atoms with van der Waals surface area (Å²) in [5.41, 5.74) is 1.34. The van der Waals surface area contributed by atoms with Gasteiger partial charge in [-0.15, -0.1) is 10.2 Å². The van der Waals surface area contributed by atoms with E-state index in [4.69, 9.17) is 13.9 Å². The largest absolute Gasteiger partial charge is 0.493 e. The highest BCUT2D eigenvalue weighted by Gasteiger charge is 2.26. The summed E-state index contributed by atoms with van der Waals surface area (Å²) >= 11 is 6.82. The summed E-state index contributed by atoms with van der Waals surface area (Å²) in [6, 6.07) is 14.6. The van der Waals surface area contributed by atoms with E-state index in [1.165, 1.54) is 0 Å². The van der Waals surface area contributed by atoms with E-state index in [-0.39, 0.29) is 11.5 Å². The predicted molar refractivity (Wildman–Crippen MR) is 147 cm³/mol. The van der Waals surface area contributed by atoms with Gasteiger partial charge in [-0.25, -0.2) is 4.79 Å². The first-order valence-electron chi connectivity index (χ1n) is 11.4. The first-order chi connectivity index (χ1) is 17.9. The summed E-state index contributed by atoms with van der Waals surface area (Å²) < 4.78 is 17.6. The lowest BCUT2D eigenvalue weighted by atomic mass is 10.1. The standard InChI is InChI=1S/C26H22Br2N4O5/c1-35-21-5-3-15(13-22(21)36-2)20-4-6-23(30-29-20)31-7-9-32(10-8-31)25(33)18-12-16-11-17(27)14-19(28)24(16)37-26(18)34/h3-6,11-14H,7-10H2,1-2H3. The molecular weight excluding hydrogens is 608 g/mol. The fourth-order valence-electron chi connectivity index (χ4n) is 4.26. The number of hydrogen-bond acceptors (Lipinski definition) is 8. The number of carbonyl (C=O) groups is 1. The van der Waals surface area contributed by atoms with E-state index < -0.39 is 5.63 Å². The van der Waals surface area contributed by atoms with Crippen LogP contribution in [-0.4, -0.2) is 61.4 Å². The fourth-order valence-corrected chi connectivity index (χ4v) is 5.60. The van der Waals surface area contributed by atoms with Gasteiger partial charge >= 0.3 is 5.63 Å². The Labute approximate surface area is 229 Å². The Bertz CT molecular complexity index is 1530. The van der Waals surface area contributed by atoms with E-state index in [0.29, 0.717) is 58.8 Å². The minimum atomic E-state index is -0.653. The van der Waals surface area contributed by atoms with Crippen molar-refractivity contribution in [1.82, 2.24) is 15.1 Å². The van der Waals surface area contributed by atoms with Crippen LogP contribution in [0.3, 0.4) is 0 Å². The van der Waals surface area contributed by atoms with Gasteiger partial charge in [0.1, 0.15) is 5.56 Å². The molecule has 1 amide bonds. The number of piperazine rings is 1. The van der Waals surface area contributed by atoms with Crippen LogP contribution in [0.1, 0.15) is 10.4 Å². The Balaban J connectivity index is 1.28. The third-order valence-corrected chi connectivity index (χ3v) is 7.25. The van der Waals surface area contributed by atoms with Gasteiger partial charge in [-0.3, -0.25) is 4.79 Å². The number of nitrogens with zero attached hydrogens (tertiary/aromatic N) is 4. The van der Waals surface area contributed by atoms with Gasteiger partial charge in [0.05, 0.1) is 24.4 Å². The van der Waals surface area contributed by atoms with Crippen molar-refractivity contribution in [3.8, 4) is 22.8 Å². The molecule has 5 rings (SSSR count). The second-order valence-corrected chi connectivity index (χ2v) is 10.1. The van der Waals surface area contributed by atoms with Crippen molar-refractivity contribution in [3.05, 3.63) is 73.5 Å². The molecule has 2 aromatic carbocycles. The lowest BCUT2D eigenvalue weighted by molar-refractivity contribution is 0.0742. The van der Waals surface area contributed by atoms with Crippen LogP contribution < -0.4 is 20.0 Å². The zero-order valence-corrected chi connectivity index (χ0v) is 23.2. The molecule has 0 unspecified atom stereocenters. The second-order valence-electron chi connectivity index (χ2n) is 8.38. The molecule has 0 spiro atoms. The molecule has 9 nitrogen and oxygen atoms in total. The number of carbonyl (C=O) groups excluding carboxylic acids is 1. The molecule has 1 fully saturated rings. The molecule has 1 saturated heterocycles. The topological polar surface area (TPSA) is 98.0 Å². The van der Waals surface area contributed by atoms with Crippen LogP contribution in [-0.2, 0) is 0 Å². The van der Waals surface area contributed by atoms with Crippen molar-refractivity contribution in [2.24, 2.45) is 0 Å². The number of benzene rings is 2. The molecule has 0 atom stereocenters. The van der Waals surface area contributed by atoms with E-state index in [1.54, 1.807) is 31.3 Å². The van der Waals surface area contributed by atoms with Crippen molar-refractivity contribution in [1.29, 1.82) is 0 Å². The molecule has 1 aliphatic heterocycles. The van der Waals surface area contributed by atoms with Gasteiger partial charge in [-0.2, -0.15) is 0 Å². The first kappa shape index (κ1) is 25.2. The van der Waals surface area contributed by atoms with Crippen molar-refractivity contribution in [2.45, 2.75) is 0 Å². The Hall–Kier alpha value is -3.44. The molecule has 3 heterocycles. The smallest absolute Gasteiger partial charge is 0.349 e. The molecule has 11 heteroatoms. The van der Waals surface area contributed by atoms with Crippen LogP contribution in [0.4, 0.5) is 5.82 Å². The maximum absolute atomic E-state index is 13.2. The molecule has 0 N–H and O–H groups in total. The lowest BCUT2D eigenvalue weighted by Crippen LogP contribution is -2.49. The van der Waals surface area contributed by atoms with Gasteiger partial charge in [0.15, 0.2) is 22.9 Å². The molecule has 0 radical (unpaired) electrons. The van der Waals surface area contributed by atoms with Gasteiger partial charge in [0, 0.05) is 41.6 Å². The summed E-state index contributed by atoms with van der Waals surface area (Å²) in [5, 5.41) is 9.44. The maximum Gasteiger partial charge on any atom is 0.349 e. The van der Waals surface area contributed by atoms with Gasteiger partial charge in [0.2, 0.25) is 0 Å². The maximum atomic E-state index is 13.2. The van der Waals surface area contributed by atoms with Crippen molar-refractivity contribution < 1.29 is 18.7 Å². The number of amides is 1. The lowest BCUT2D eigenvalue weighted by Gasteiger charge is -2.35. The number of halogens is 2. The third-order valence-electron chi connectivity index (χ3n) is 6.20. The summed E-state index contributed by atoms with van der Waals surface area (Å²) in [6.45, 7) is 2.01. The first-order valence-corrected chi connectivity index (χ1v) is 13.0. The Morgan fingerprint density at radius 1 is 0.919 bits per heavy atom. The van der Waals surface area contributed by atoms with Crippen LogP contribution in [0.2, 0.25) is 0 Å². The highest BCUT2D eigenvalue weighted by atomic mass is 79.9. The van der Waals surface area contributed by atoms with Crippen molar-refractivity contribution in [3.63, 3.8) is 0 Å². The van der Waals surface area contributed by atoms with Crippen LogP contribution >= 0.6 is 31.9 Å². The molecular formula is C26H22Br2N4O5. The minimum Gasteiger partial charge on any atom is -0.493 e. The highest BCUT2D eigenvalue weighted by Crippen LogP contribution is 2.32. The van der Waals surface area contributed by atoms with Gasteiger partial charge in [-0.1, -0.05) is 15.9 Å². The fraction of sp³-hybridized carbons (Fsp3) is 0.231. The number of methoxy groups -OCH3 is 2. The molecule has 0 saturated carbocycles. The average molecular weight is 630 g/mol. The zero-order valence-electron chi connectivity index (χ0n) is 20.0. The summed E-state index contributed by atoms with van der Waals surface area (Å²) in [7, 11) is 3.18. The minimum absolute atomic E-state index is 0.0185. The van der Waals surface area contributed by atoms with Crippen LogP contribution in [0, 0.1) is 0 Å². The van der Waals surface area contributed by atoms with Crippen LogP contribution in [0.5, 0.6) is 11.5 Å². The van der Waals surface area contributed by atoms with Crippen LogP contribution in [0.25, 0.3) is 22.2 Å². The van der Waals surface area contributed by atoms with E-state index in [9.17, 15) is 9.59 Å². The normalized spacial score (nSPS) is 13.6. The number of fused-ring (bicyclic) bond motifs is 1.